The van der Waals surface area contributed by atoms with Crippen LogP contribution in [-0.4, -0.2) is 96.0 Å². The largest absolute Gasteiger partial charge is 0.480 e. The van der Waals surface area contributed by atoms with Crippen molar-refractivity contribution >= 4 is 26.0 Å². The predicted molar refractivity (Wildman–Crippen MR) is 130 cm³/mol. The molecule has 188 valence electrons. The van der Waals surface area contributed by atoms with Crippen LogP contribution in [0.25, 0.3) is 0 Å². The number of quaternary nitrogens is 2. The first kappa shape index (κ1) is 33.0. The van der Waals surface area contributed by atoms with Crippen molar-refractivity contribution < 1.29 is 33.2 Å². The maximum absolute atomic E-state index is 10.1. The van der Waals surface area contributed by atoms with E-state index in [1.807, 2.05) is 0 Å². The topological polar surface area (TPSA) is 107 Å². The third kappa shape index (κ3) is 19.0. The number of rotatable bonds is 10. The molecular formula is C21H49ClN3O5P+2. The van der Waals surface area contributed by atoms with E-state index in [0.717, 1.165) is 0 Å². The highest BCUT2D eigenvalue weighted by atomic mass is 35.5. The fourth-order valence-electron chi connectivity index (χ4n) is 4.03. The van der Waals surface area contributed by atoms with Crippen molar-refractivity contribution in [2.24, 2.45) is 0 Å². The SMILES string of the molecule is CCCC[N+]1(C)CCCC1.CCCC[N+]1(C)CCCC1.Cl.O=C(O)CNCP(=O)(O)O. The van der Waals surface area contributed by atoms with Crippen molar-refractivity contribution in [3.05, 3.63) is 0 Å². The lowest BCUT2D eigenvalue weighted by atomic mass is 10.3. The average Bonchev–Trinajstić information content (AvgIpc) is 3.28. The Labute approximate surface area is 196 Å². The maximum atomic E-state index is 10.1. The quantitative estimate of drug-likeness (QED) is 0.277. The molecule has 0 bridgehead atoms. The Balaban J connectivity index is 0. The number of aliphatic carboxylic acids is 1. The van der Waals surface area contributed by atoms with E-state index >= 15 is 0 Å². The molecule has 2 fully saturated rings. The van der Waals surface area contributed by atoms with Crippen LogP contribution in [0.3, 0.4) is 0 Å². The Morgan fingerprint density at radius 2 is 1.23 bits per heavy atom. The number of hydrogen-bond donors (Lipinski definition) is 4. The van der Waals surface area contributed by atoms with Gasteiger partial charge in [0.1, 0.15) is 0 Å². The third-order valence-electron chi connectivity index (χ3n) is 5.99. The molecule has 0 unspecified atom stereocenters. The number of hydrogen-bond acceptors (Lipinski definition) is 3. The molecule has 0 aromatic carbocycles. The van der Waals surface area contributed by atoms with Gasteiger partial charge in [0.2, 0.25) is 0 Å². The highest BCUT2D eigenvalue weighted by Gasteiger charge is 2.26. The monoisotopic (exact) mass is 489 g/mol. The summed E-state index contributed by atoms with van der Waals surface area (Å²) in [5.41, 5.74) is 0. The van der Waals surface area contributed by atoms with E-state index in [9.17, 15) is 9.36 Å². The Morgan fingerprint density at radius 1 is 0.871 bits per heavy atom. The van der Waals surface area contributed by atoms with Gasteiger partial charge in [0, 0.05) is 25.7 Å². The molecule has 8 nitrogen and oxygen atoms in total. The first-order valence-corrected chi connectivity index (χ1v) is 13.4. The average molecular weight is 490 g/mol. The van der Waals surface area contributed by atoms with Crippen LogP contribution in [0, 0.1) is 0 Å². The van der Waals surface area contributed by atoms with Crippen molar-refractivity contribution in [2.45, 2.75) is 65.2 Å². The van der Waals surface area contributed by atoms with Crippen molar-refractivity contribution in [2.75, 3.05) is 66.2 Å². The van der Waals surface area contributed by atoms with Crippen molar-refractivity contribution in [3.63, 3.8) is 0 Å². The zero-order valence-electron chi connectivity index (χ0n) is 20.2. The van der Waals surface area contributed by atoms with Gasteiger partial charge in [-0.05, 0) is 12.8 Å². The molecule has 0 aromatic rings. The molecule has 0 atom stereocenters. The van der Waals surface area contributed by atoms with E-state index in [1.54, 1.807) is 0 Å². The summed E-state index contributed by atoms with van der Waals surface area (Å²) in [5.74, 6) is -1.14. The molecule has 2 saturated heterocycles. The van der Waals surface area contributed by atoms with Crippen LogP contribution in [0.2, 0.25) is 0 Å². The molecule has 0 aromatic heterocycles. The van der Waals surface area contributed by atoms with E-state index in [2.05, 4.69) is 33.3 Å². The van der Waals surface area contributed by atoms with Gasteiger partial charge in [-0.15, -0.1) is 12.4 Å². The maximum Gasteiger partial charge on any atom is 0.339 e. The molecule has 31 heavy (non-hydrogen) atoms. The van der Waals surface area contributed by atoms with E-state index in [4.69, 9.17) is 14.9 Å². The van der Waals surface area contributed by atoms with E-state index in [1.165, 1.54) is 99.6 Å². The van der Waals surface area contributed by atoms with E-state index in [0.29, 0.717) is 0 Å². The van der Waals surface area contributed by atoms with E-state index in [-0.39, 0.29) is 12.4 Å². The smallest absolute Gasteiger partial charge is 0.339 e. The standard InChI is InChI=1S/2C9H20N.C3H8NO5P.ClH/c2*1-3-4-7-10(2)8-5-6-9-10;5-3(6)1-4-2-10(7,8)9;/h2*3-9H2,1-2H3;4H,1-2H2,(H,5,6)(H2,7,8,9);1H/q2*+1;;. The summed E-state index contributed by atoms with van der Waals surface area (Å²) >= 11 is 0. The number of nitrogens with zero attached hydrogens (tertiary/aromatic N) is 2. The number of carboxylic acid groups (broad SMARTS) is 1. The molecule has 0 saturated carbocycles. The molecule has 10 heteroatoms. The van der Waals surface area contributed by atoms with Crippen molar-refractivity contribution in [1.29, 1.82) is 0 Å². The molecule has 0 spiro atoms. The minimum Gasteiger partial charge on any atom is -0.480 e. The number of unbranched alkanes of at least 4 members (excludes halogenated alkanes) is 2. The highest BCUT2D eigenvalue weighted by molar-refractivity contribution is 7.51. The van der Waals surface area contributed by atoms with Crippen LogP contribution in [0.15, 0.2) is 0 Å². The molecule has 0 amide bonds. The summed E-state index contributed by atoms with van der Waals surface area (Å²) in [6, 6.07) is 0. The van der Waals surface area contributed by atoms with Gasteiger partial charge < -0.3 is 23.9 Å². The second-order valence-corrected chi connectivity index (χ2v) is 11.0. The van der Waals surface area contributed by atoms with Gasteiger partial charge in [0.15, 0.2) is 0 Å². The Morgan fingerprint density at radius 3 is 1.48 bits per heavy atom. The van der Waals surface area contributed by atoms with Crippen LogP contribution in [0.4, 0.5) is 0 Å². The summed E-state index contributed by atoms with van der Waals surface area (Å²) in [6.07, 6.45) is 10.8. The molecule has 4 N–H and O–H groups in total. The Kier molecular flexibility index (Phi) is 18.4. The van der Waals surface area contributed by atoms with Gasteiger partial charge in [-0.1, -0.05) is 26.7 Å². The van der Waals surface area contributed by atoms with Gasteiger partial charge in [-0.3, -0.25) is 14.7 Å². The Bertz CT molecular complexity index is 481. The molecule has 0 radical (unpaired) electrons. The van der Waals surface area contributed by atoms with Gasteiger partial charge in [-0.25, -0.2) is 0 Å². The number of carboxylic acids is 1. The van der Waals surface area contributed by atoms with Gasteiger partial charge in [0.05, 0.1) is 66.2 Å². The molecular weight excluding hydrogens is 441 g/mol. The summed E-state index contributed by atoms with van der Waals surface area (Å²) < 4.78 is 12.8. The zero-order valence-corrected chi connectivity index (χ0v) is 21.9. The van der Waals surface area contributed by atoms with Gasteiger partial charge in [-0.2, -0.15) is 0 Å². The number of halogens is 1. The second kappa shape index (κ2) is 17.3. The van der Waals surface area contributed by atoms with Crippen LogP contribution in [0.1, 0.15) is 65.2 Å². The second-order valence-electron chi connectivity index (χ2n) is 9.35. The van der Waals surface area contributed by atoms with Gasteiger partial charge >= 0.3 is 13.6 Å². The van der Waals surface area contributed by atoms with Crippen LogP contribution < -0.4 is 5.32 Å². The fraction of sp³-hybridized carbons (Fsp3) is 0.952. The minimum absolute atomic E-state index is 0. The first-order valence-electron chi connectivity index (χ1n) is 11.6. The molecule has 2 aliphatic rings. The molecule has 2 heterocycles. The lowest BCUT2D eigenvalue weighted by molar-refractivity contribution is -0.897. The van der Waals surface area contributed by atoms with Crippen LogP contribution >= 0.6 is 20.0 Å². The Hall–Kier alpha value is -0.210. The summed E-state index contributed by atoms with van der Waals surface area (Å²) in [4.78, 5) is 26.1. The predicted octanol–water partition coefficient (Wildman–Crippen LogP) is 3.27. The number of carbonyl (C=O) groups is 1. The molecule has 0 aliphatic carbocycles. The normalized spacial score (nSPS) is 18.8. The van der Waals surface area contributed by atoms with Gasteiger partial charge in [0.25, 0.3) is 0 Å². The summed E-state index contributed by atoms with van der Waals surface area (Å²) in [7, 11) is 0.714. The van der Waals surface area contributed by atoms with Crippen LogP contribution in [-0.2, 0) is 9.36 Å². The van der Waals surface area contributed by atoms with Crippen molar-refractivity contribution in [1.82, 2.24) is 5.32 Å². The lowest BCUT2D eigenvalue weighted by Crippen LogP contribution is -2.41. The van der Waals surface area contributed by atoms with Crippen LogP contribution in [0.5, 0.6) is 0 Å². The van der Waals surface area contributed by atoms with E-state index < -0.39 is 26.4 Å². The fourth-order valence-corrected chi connectivity index (χ4v) is 4.44. The summed E-state index contributed by atoms with van der Waals surface area (Å²) in [5, 5.41) is 10.1. The minimum atomic E-state index is -4.10. The van der Waals surface area contributed by atoms with Crippen molar-refractivity contribution in [3.8, 4) is 0 Å². The number of likely N-dealkylation sites (tertiary alicyclic amines) is 2. The number of nitrogens with one attached hydrogen (secondary N) is 1. The molecule has 2 rings (SSSR count). The third-order valence-corrected chi connectivity index (χ3v) is 6.62. The zero-order chi connectivity index (χ0) is 23.1. The first-order chi connectivity index (χ1) is 14.0. The summed E-state index contributed by atoms with van der Waals surface area (Å²) in [6.45, 7) is 12.7. The molecule has 2 aliphatic heterocycles. The highest BCUT2D eigenvalue weighted by Crippen LogP contribution is 2.31. The lowest BCUT2D eigenvalue weighted by Gasteiger charge is -2.28.